The number of carboxylic acid groups (broad SMARTS) is 1. The van der Waals surface area contributed by atoms with Gasteiger partial charge in [0.05, 0.1) is 0 Å². The molecule has 2 aromatic carbocycles. The first kappa shape index (κ1) is 21.2. The maximum absolute atomic E-state index is 11.7. The van der Waals surface area contributed by atoms with Gasteiger partial charge in [0.25, 0.3) is 0 Å². The largest absolute Gasteiger partial charge is 0.509 e. The van der Waals surface area contributed by atoms with Crippen LogP contribution < -0.4 is 10.6 Å². The second kappa shape index (κ2) is 10.3. The van der Waals surface area contributed by atoms with Crippen molar-refractivity contribution in [1.82, 2.24) is 0 Å². The van der Waals surface area contributed by atoms with Gasteiger partial charge in [-0.2, -0.15) is 0 Å². The number of aliphatic hydroxyl groups is 1. The highest BCUT2D eigenvalue weighted by molar-refractivity contribution is 6.02. The lowest BCUT2D eigenvalue weighted by atomic mass is 10.0. The van der Waals surface area contributed by atoms with Crippen LogP contribution in [0.15, 0.2) is 85.2 Å². The number of aliphatic carboxylic acids is 1. The van der Waals surface area contributed by atoms with Crippen molar-refractivity contribution in [2.24, 2.45) is 0 Å². The van der Waals surface area contributed by atoms with Crippen LogP contribution in [0.5, 0.6) is 0 Å². The Morgan fingerprint density at radius 2 is 1.14 bits per heavy atom. The summed E-state index contributed by atoms with van der Waals surface area (Å²) in [4.78, 5) is 33.6. The molecule has 0 saturated heterocycles. The third-order valence-electron chi connectivity index (χ3n) is 3.66. The van der Waals surface area contributed by atoms with E-state index in [1.54, 1.807) is 24.3 Å². The molecule has 7 nitrogen and oxygen atoms in total. The van der Waals surface area contributed by atoms with E-state index in [1.807, 2.05) is 24.3 Å². The number of anilines is 2. The van der Waals surface area contributed by atoms with Crippen LogP contribution in [0, 0.1) is 0 Å². The Labute approximate surface area is 167 Å². The summed E-state index contributed by atoms with van der Waals surface area (Å²) in [7, 11) is 0. The minimum atomic E-state index is -1.19. The predicted octanol–water partition coefficient (Wildman–Crippen LogP) is 3.42. The van der Waals surface area contributed by atoms with E-state index in [4.69, 9.17) is 10.2 Å². The number of benzene rings is 2. The van der Waals surface area contributed by atoms with Crippen LogP contribution in [0.1, 0.15) is 11.1 Å². The van der Waals surface area contributed by atoms with E-state index in [9.17, 15) is 14.4 Å². The first-order chi connectivity index (χ1) is 13.8. The second-order valence-electron chi connectivity index (χ2n) is 6.05. The molecule has 29 heavy (non-hydrogen) atoms. The normalized spacial score (nSPS) is 10.8. The maximum atomic E-state index is 11.7. The van der Waals surface area contributed by atoms with Gasteiger partial charge in [-0.25, -0.2) is 4.79 Å². The third-order valence-corrected chi connectivity index (χ3v) is 3.66. The van der Waals surface area contributed by atoms with E-state index < -0.39 is 11.9 Å². The summed E-state index contributed by atoms with van der Waals surface area (Å²) in [5.74, 6) is -2.27. The van der Waals surface area contributed by atoms with E-state index in [0.29, 0.717) is 17.8 Å². The number of carboxylic acids is 1. The van der Waals surface area contributed by atoms with Gasteiger partial charge in [0.1, 0.15) is 5.76 Å². The van der Waals surface area contributed by atoms with Gasteiger partial charge in [-0.05, 0) is 47.9 Å². The van der Waals surface area contributed by atoms with Crippen molar-refractivity contribution in [3.8, 4) is 0 Å². The maximum Gasteiger partial charge on any atom is 0.328 e. The van der Waals surface area contributed by atoms with Gasteiger partial charge in [-0.1, -0.05) is 30.8 Å². The molecule has 0 aliphatic rings. The van der Waals surface area contributed by atoms with Crippen molar-refractivity contribution in [2.45, 2.75) is 6.42 Å². The molecular weight excluding hydrogens is 372 g/mol. The van der Waals surface area contributed by atoms with Crippen molar-refractivity contribution in [2.75, 3.05) is 10.6 Å². The molecule has 0 unspecified atom stereocenters. The number of amides is 2. The van der Waals surface area contributed by atoms with Crippen molar-refractivity contribution in [3.63, 3.8) is 0 Å². The molecule has 0 saturated carbocycles. The molecule has 2 amide bonds. The van der Waals surface area contributed by atoms with E-state index >= 15 is 0 Å². The number of carbonyl (C=O) groups excluding carboxylic acids is 2. The van der Waals surface area contributed by atoms with E-state index in [1.165, 1.54) is 12.2 Å². The Hall–Kier alpha value is -4.13. The minimum absolute atomic E-state index is 0.196. The molecule has 0 spiro atoms. The highest BCUT2D eigenvalue weighted by Gasteiger charge is 2.02. The highest BCUT2D eigenvalue weighted by atomic mass is 16.4. The van der Waals surface area contributed by atoms with Gasteiger partial charge >= 0.3 is 5.97 Å². The van der Waals surface area contributed by atoms with Crippen molar-refractivity contribution < 1.29 is 24.6 Å². The summed E-state index contributed by atoms with van der Waals surface area (Å²) in [5, 5.41) is 22.7. The van der Waals surface area contributed by atoms with Crippen LogP contribution in [-0.2, 0) is 20.8 Å². The molecule has 148 valence electrons. The Balaban J connectivity index is 1.91. The summed E-state index contributed by atoms with van der Waals surface area (Å²) in [6.45, 7) is 3.26. The summed E-state index contributed by atoms with van der Waals surface area (Å²) >= 11 is 0. The van der Waals surface area contributed by atoms with Crippen LogP contribution in [0.2, 0.25) is 0 Å². The number of hydrogen-bond donors (Lipinski definition) is 4. The minimum Gasteiger partial charge on any atom is -0.509 e. The van der Waals surface area contributed by atoms with Gasteiger partial charge < -0.3 is 20.8 Å². The molecule has 0 aliphatic carbocycles. The molecule has 0 radical (unpaired) electrons. The lowest BCUT2D eigenvalue weighted by molar-refractivity contribution is -0.131. The molecule has 2 aromatic rings. The Bertz CT molecular complexity index is 878. The molecule has 7 heteroatoms. The first-order valence-corrected chi connectivity index (χ1v) is 8.58. The number of allylic oxidation sites excluding steroid dienone is 1. The van der Waals surface area contributed by atoms with Crippen LogP contribution in [-0.4, -0.2) is 28.0 Å². The lowest BCUT2D eigenvalue weighted by Crippen LogP contribution is -2.08. The SMILES string of the molecule is C=C(O)/C=C/C(=O)Nc1ccc(Cc2ccc(NC(=O)/C=C/C(=O)O)cc2)cc1. The topological polar surface area (TPSA) is 116 Å². The van der Waals surface area contributed by atoms with Crippen LogP contribution >= 0.6 is 0 Å². The number of aliphatic hydroxyl groups excluding tert-OH is 1. The quantitative estimate of drug-likeness (QED) is 0.312. The molecular formula is C22H20N2O5. The lowest BCUT2D eigenvalue weighted by Gasteiger charge is -2.07. The zero-order valence-electron chi connectivity index (χ0n) is 15.5. The molecule has 0 atom stereocenters. The van der Waals surface area contributed by atoms with Gasteiger partial charge in [0.15, 0.2) is 0 Å². The fraction of sp³-hybridized carbons (Fsp3) is 0.0455. The summed E-state index contributed by atoms with van der Waals surface area (Å²) < 4.78 is 0. The molecule has 0 heterocycles. The molecule has 0 fully saturated rings. The van der Waals surface area contributed by atoms with E-state index in [0.717, 1.165) is 23.3 Å². The molecule has 0 bridgehead atoms. The first-order valence-electron chi connectivity index (χ1n) is 8.58. The Morgan fingerprint density at radius 3 is 1.52 bits per heavy atom. The van der Waals surface area contributed by atoms with Crippen LogP contribution in [0.4, 0.5) is 11.4 Å². The number of rotatable bonds is 8. The van der Waals surface area contributed by atoms with E-state index in [2.05, 4.69) is 17.2 Å². The molecule has 0 aromatic heterocycles. The monoisotopic (exact) mass is 392 g/mol. The van der Waals surface area contributed by atoms with Crippen molar-refractivity contribution in [1.29, 1.82) is 0 Å². The zero-order valence-corrected chi connectivity index (χ0v) is 15.5. The van der Waals surface area contributed by atoms with Gasteiger partial charge in [0.2, 0.25) is 11.8 Å². The average Bonchev–Trinajstić information content (AvgIpc) is 2.68. The summed E-state index contributed by atoms with van der Waals surface area (Å²) in [6.07, 6.45) is 4.78. The van der Waals surface area contributed by atoms with Crippen molar-refractivity contribution >= 4 is 29.2 Å². The zero-order chi connectivity index (χ0) is 21.2. The standard InChI is InChI=1S/C22H20N2O5/c1-15(25)2-11-20(26)23-18-7-3-16(4-8-18)14-17-5-9-19(10-6-17)24-21(27)12-13-22(28)29/h2-13,25H,1,14H2,(H,23,26)(H,24,27)(H,28,29)/b11-2+,13-12+. The predicted molar refractivity (Wildman–Crippen MR) is 111 cm³/mol. The van der Waals surface area contributed by atoms with E-state index in [-0.39, 0.29) is 11.7 Å². The molecule has 4 N–H and O–H groups in total. The smallest absolute Gasteiger partial charge is 0.328 e. The number of hydrogen-bond acceptors (Lipinski definition) is 4. The Kier molecular flexibility index (Phi) is 7.50. The van der Waals surface area contributed by atoms with Gasteiger partial charge in [-0.3, -0.25) is 9.59 Å². The fourth-order valence-electron chi connectivity index (χ4n) is 2.33. The van der Waals surface area contributed by atoms with Gasteiger partial charge in [-0.15, -0.1) is 0 Å². The van der Waals surface area contributed by atoms with Gasteiger partial charge in [0, 0.05) is 29.6 Å². The molecule has 0 aliphatic heterocycles. The number of nitrogens with one attached hydrogen (secondary N) is 2. The highest BCUT2D eigenvalue weighted by Crippen LogP contribution is 2.16. The average molecular weight is 392 g/mol. The molecule has 2 rings (SSSR count). The summed E-state index contributed by atoms with van der Waals surface area (Å²) in [5.41, 5.74) is 3.23. The number of carbonyl (C=O) groups is 3. The fourth-order valence-corrected chi connectivity index (χ4v) is 2.33. The van der Waals surface area contributed by atoms with Crippen LogP contribution in [0.3, 0.4) is 0 Å². The second-order valence-corrected chi connectivity index (χ2v) is 6.05. The van der Waals surface area contributed by atoms with Crippen LogP contribution in [0.25, 0.3) is 0 Å². The van der Waals surface area contributed by atoms with Crippen molar-refractivity contribution in [3.05, 3.63) is 96.3 Å². The summed E-state index contributed by atoms with van der Waals surface area (Å²) in [6, 6.07) is 14.5. The third kappa shape index (κ3) is 7.96. The Morgan fingerprint density at radius 1 is 0.724 bits per heavy atom.